The third-order valence-corrected chi connectivity index (χ3v) is 2.06. The minimum atomic E-state index is -0.563. The summed E-state index contributed by atoms with van der Waals surface area (Å²) in [4.78, 5) is 22.7. The van der Waals surface area contributed by atoms with Crippen molar-refractivity contribution in [3.05, 3.63) is 45.2 Å². The summed E-state index contributed by atoms with van der Waals surface area (Å²) >= 11 is 0. The lowest BCUT2D eigenvalue weighted by Gasteiger charge is -2.03. The van der Waals surface area contributed by atoms with Crippen molar-refractivity contribution in [3.8, 4) is 17.5 Å². The molecule has 7 nitrogen and oxygen atoms in total. The number of ether oxygens (including phenoxy) is 1. The maximum atomic E-state index is 11.3. The first-order valence-electron chi connectivity index (χ1n) is 4.72. The third-order valence-electron chi connectivity index (χ3n) is 2.06. The van der Waals surface area contributed by atoms with Crippen molar-refractivity contribution >= 4 is 0 Å². The molecule has 0 amide bonds. The van der Waals surface area contributed by atoms with Crippen LogP contribution < -0.4 is 16.1 Å². The van der Waals surface area contributed by atoms with Gasteiger partial charge in [-0.05, 0) is 12.1 Å². The van der Waals surface area contributed by atoms with E-state index in [4.69, 9.17) is 10.00 Å². The Morgan fingerprint density at radius 1 is 1.29 bits per heavy atom. The molecule has 0 saturated carbocycles. The molecular formula is C10H8N4O3. The summed E-state index contributed by atoms with van der Waals surface area (Å²) in [6.45, 7) is -0.0954. The molecule has 2 rings (SSSR count). The van der Waals surface area contributed by atoms with Gasteiger partial charge in [-0.15, -0.1) is 0 Å². The largest absolute Gasteiger partial charge is 0.479 e. The molecule has 17 heavy (non-hydrogen) atoms. The Kier molecular flexibility index (Phi) is 2.79. The van der Waals surface area contributed by atoms with Gasteiger partial charge in [-0.1, -0.05) is 6.07 Å². The molecule has 0 bridgehead atoms. The van der Waals surface area contributed by atoms with E-state index in [1.165, 1.54) is 6.07 Å². The number of benzene rings is 1. The number of aromatic amines is 2. The van der Waals surface area contributed by atoms with Crippen LogP contribution >= 0.6 is 0 Å². The molecule has 86 valence electrons. The number of H-pyrrole nitrogens is 2. The molecule has 0 fully saturated rings. The molecule has 1 aromatic carbocycles. The van der Waals surface area contributed by atoms with E-state index in [9.17, 15) is 9.59 Å². The van der Waals surface area contributed by atoms with Crippen LogP contribution in [0.3, 0.4) is 0 Å². The highest BCUT2D eigenvalue weighted by Gasteiger charge is 2.06. The Morgan fingerprint density at radius 3 is 2.65 bits per heavy atom. The van der Waals surface area contributed by atoms with Gasteiger partial charge in [0.2, 0.25) is 0 Å². The van der Waals surface area contributed by atoms with Crippen molar-refractivity contribution in [2.45, 2.75) is 0 Å². The molecule has 2 N–H and O–H groups in total. The molecule has 0 aliphatic carbocycles. The van der Waals surface area contributed by atoms with Crippen molar-refractivity contribution < 1.29 is 4.74 Å². The number of rotatable bonds is 3. The van der Waals surface area contributed by atoms with E-state index in [2.05, 4.69) is 10.2 Å². The zero-order valence-electron chi connectivity index (χ0n) is 8.64. The summed E-state index contributed by atoms with van der Waals surface area (Å²) < 4.78 is 6.00. The van der Waals surface area contributed by atoms with Gasteiger partial charge in [-0.25, -0.2) is 24.4 Å². The zero-order chi connectivity index (χ0) is 12.3. The number of aromatic nitrogens is 3. The molecule has 1 heterocycles. The Balaban J connectivity index is 2.44. The minimum absolute atomic E-state index is 0.0954. The van der Waals surface area contributed by atoms with Crippen LogP contribution in [0.15, 0.2) is 33.9 Å². The predicted octanol–water partition coefficient (Wildman–Crippen LogP) is -0.244. The minimum Gasteiger partial charge on any atom is -0.479 e. The molecule has 1 aromatic heterocycles. The van der Waals surface area contributed by atoms with Crippen molar-refractivity contribution in [1.29, 1.82) is 5.26 Å². The fraction of sp³-hybridized carbons (Fsp3) is 0.100. The summed E-state index contributed by atoms with van der Waals surface area (Å²) in [5.41, 5.74) is -0.757. The molecule has 7 heteroatoms. The number of nitrogens with one attached hydrogen (secondary N) is 2. The Hall–Kier alpha value is -2.75. The van der Waals surface area contributed by atoms with E-state index in [-0.39, 0.29) is 6.61 Å². The number of hydrogen-bond acceptors (Lipinski definition) is 4. The second kappa shape index (κ2) is 4.40. The highest BCUT2D eigenvalue weighted by molar-refractivity contribution is 5.38. The quantitative estimate of drug-likeness (QED) is 0.761. The van der Waals surface area contributed by atoms with Gasteiger partial charge in [0.1, 0.15) is 11.8 Å². The molecule has 0 aliphatic heterocycles. The molecule has 0 radical (unpaired) electrons. The maximum absolute atomic E-state index is 11.3. The highest BCUT2D eigenvalue weighted by Crippen LogP contribution is 2.14. The monoisotopic (exact) mass is 232 g/mol. The van der Waals surface area contributed by atoms with Crippen LogP contribution in [-0.4, -0.2) is 21.4 Å². The van der Waals surface area contributed by atoms with Gasteiger partial charge < -0.3 is 4.74 Å². The average molecular weight is 232 g/mol. The number of hydrogen-bond donors (Lipinski definition) is 2. The maximum Gasteiger partial charge on any atom is 0.348 e. The molecule has 0 spiro atoms. The lowest BCUT2D eigenvalue weighted by molar-refractivity contribution is 0.368. The van der Waals surface area contributed by atoms with Crippen LogP contribution in [0.5, 0.6) is 5.75 Å². The first-order chi connectivity index (χ1) is 8.22. The van der Waals surface area contributed by atoms with Gasteiger partial charge in [0.25, 0.3) is 0 Å². The second-order valence-corrected chi connectivity index (χ2v) is 3.14. The lowest BCUT2D eigenvalue weighted by Crippen LogP contribution is -2.24. The van der Waals surface area contributed by atoms with Crippen molar-refractivity contribution in [2.24, 2.45) is 0 Å². The van der Waals surface area contributed by atoms with Gasteiger partial charge in [-0.2, -0.15) is 5.26 Å². The van der Waals surface area contributed by atoms with Gasteiger partial charge >= 0.3 is 11.4 Å². The van der Waals surface area contributed by atoms with Gasteiger partial charge in [0.05, 0.1) is 5.69 Å². The number of nitrogens with zero attached hydrogens (tertiary/aromatic N) is 2. The van der Waals surface area contributed by atoms with Crippen LogP contribution in [0.4, 0.5) is 0 Å². The molecular weight excluding hydrogens is 224 g/mol. The fourth-order valence-electron chi connectivity index (χ4n) is 1.37. The summed E-state index contributed by atoms with van der Waals surface area (Å²) in [6.07, 6.45) is 0. The van der Waals surface area contributed by atoms with E-state index in [1.54, 1.807) is 18.2 Å². The van der Waals surface area contributed by atoms with E-state index in [0.29, 0.717) is 11.4 Å². The van der Waals surface area contributed by atoms with Crippen LogP contribution in [0, 0.1) is 11.3 Å². The summed E-state index contributed by atoms with van der Waals surface area (Å²) in [5, 5.41) is 12.7. The van der Waals surface area contributed by atoms with E-state index in [0.717, 1.165) is 4.57 Å². The standard InChI is InChI=1S/C10H8N4O3/c11-4-5-17-8-3-1-2-7(6-8)14-9(15)12-13-10(14)16/h1-3,6H,5H2,(H,12,15)(H,13,16). The van der Waals surface area contributed by atoms with Gasteiger partial charge in [-0.3, -0.25) is 0 Å². The highest BCUT2D eigenvalue weighted by atomic mass is 16.5. The topological polar surface area (TPSA) is 104 Å². The Labute approximate surface area is 94.9 Å². The van der Waals surface area contributed by atoms with Crippen molar-refractivity contribution in [3.63, 3.8) is 0 Å². The molecule has 0 atom stereocenters. The smallest absolute Gasteiger partial charge is 0.348 e. The first-order valence-corrected chi connectivity index (χ1v) is 4.72. The van der Waals surface area contributed by atoms with Gasteiger partial charge in [0.15, 0.2) is 6.61 Å². The lowest BCUT2D eigenvalue weighted by atomic mass is 10.3. The van der Waals surface area contributed by atoms with Gasteiger partial charge in [0, 0.05) is 6.07 Å². The van der Waals surface area contributed by atoms with E-state index in [1.807, 2.05) is 6.07 Å². The second-order valence-electron chi connectivity index (χ2n) is 3.14. The third kappa shape index (κ3) is 2.10. The van der Waals surface area contributed by atoms with Crippen LogP contribution in [-0.2, 0) is 0 Å². The first kappa shape index (κ1) is 10.8. The molecule has 0 saturated heterocycles. The molecule has 2 aromatic rings. The summed E-state index contributed by atoms with van der Waals surface area (Å²) in [6, 6.07) is 8.17. The van der Waals surface area contributed by atoms with Crippen LogP contribution in [0.1, 0.15) is 0 Å². The Morgan fingerprint density at radius 2 is 2.00 bits per heavy atom. The predicted molar refractivity (Wildman–Crippen MR) is 58.1 cm³/mol. The van der Waals surface area contributed by atoms with Crippen LogP contribution in [0.2, 0.25) is 0 Å². The summed E-state index contributed by atoms with van der Waals surface area (Å²) in [7, 11) is 0. The number of nitriles is 1. The molecule has 0 unspecified atom stereocenters. The van der Waals surface area contributed by atoms with Crippen molar-refractivity contribution in [1.82, 2.24) is 14.8 Å². The normalized spacial score (nSPS) is 9.82. The van der Waals surface area contributed by atoms with E-state index < -0.39 is 11.4 Å². The van der Waals surface area contributed by atoms with E-state index >= 15 is 0 Å². The SMILES string of the molecule is N#CCOc1cccc(-n2c(=O)[nH][nH]c2=O)c1. The van der Waals surface area contributed by atoms with Crippen molar-refractivity contribution in [2.75, 3.05) is 6.61 Å². The van der Waals surface area contributed by atoms with Crippen LogP contribution in [0.25, 0.3) is 5.69 Å². The summed E-state index contributed by atoms with van der Waals surface area (Å²) in [5.74, 6) is 0.413. The Bertz CT molecular complexity index is 646. The molecule has 0 aliphatic rings. The fourth-order valence-corrected chi connectivity index (χ4v) is 1.37. The zero-order valence-corrected chi connectivity index (χ0v) is 8.64. The average Bonchev–Trinajstić information content (AvgIpc) is 2.67.